The van der Waals surface area contributed by atoms with Crippen molar-refractivity contribution in [3.05, 3.63) is 0 Å². The molecule has 0 aliphatic carbocycles. The van der Waals surface area contributed by atoms with Crippen LogP contribution in [0.25, 0.3) is 0 Å². The van der Waals surface area contributed by atoms with Crippen LogP contribution in [0.5, 0.6) is 0 Å². The van der Waals surface area contributed by atoms with Gasteiger partial charge in [0.1, 0.15) is 0 Å². The van der Waals surface area contributed by atoms with Crippen LogP contribution in [0.4, 0.5) is 0 Å². The number of amides is 1. The van der Waals surface area contributed by atoms with Gasteiger partial charge in [0.2, 0.25) is 5.91 Å². The van der Waals surface area contributed by atoms with Gasteiger partial charge in [0.25, 0.3) is 0 Å². The van der Waals surface area contributed by atoms with Crippen molar-refractivity contribution in [1.29, 1.82) is 0 Å². The molecule has 1 saturated heterocycles. The van der Waals surface area contributed by atoms with Crippen LogP contribution in [0, 0.1) is 5.41 Å². The van der Waals surface area contributed by atoms with E-state index in [9.17, 15) is 4.79 Å². The Balaban J connectivity index is 2.40. The Hall–Kier alpha value is -0.610. The summed E-state index contributed by atoms with van der Waals surface area (Å²) in [6.45, 7) is 8.08. The molecule has 16 heavy (non-hydrogen) atoms. The van der Waals surface area contributed by atoms with Gasteiger partial charge in [-0.25, -0.2) is 0 Å². The number of nitrogens with two attached hydrogens (primary N) is 1. The Morgan fingerprint density at radius 2 is 1.88 bits per heavy atom. The third-order valence-corrected chi connectivity index (χ3v) is 3.28. The summed E-state index contributed by atoms with van der Waals surface area (Å²) >= 11 is 0. The second kappa shape index (κ2) is 5.15. The van der Waals surface area contributed by atoms with E-state index in [1.807, 2.05) is 20.8 Å². The van der Waals surface area contributed by atoms with Crippen LogP contribution in [0.1, 0.15) is 33.6 Å². The van der Waals surface area contributed by atoms with Crippen molar-refractivity contribution in [3.63, 3.8) is 0 Å². The summed E-state index contributed by atoms with van der Waals surface area (Å²) in [6, 6.07) is -0.121. The fourth-order valence-electron chi connectivity index (χ4n) is 1.84. The molecule has 0 bridgehead atoms. The van der Waals surface area contributed by atoms with Crippen LogP contribution in [0.15, 0.2) is 0 Å². The van der Waals surface area contributed by atoms with Gasteiger partial charge in [-0.15, -0.1) is 0 Å². The van der Waals surface area contributed by atoms with Crippen molar-refractivity contribution < 1.29 is 4.79 Å². The molecule has 4 heteroatoms. The van der Waals surface area contributed by atoms with Crippen molar-refractivity contribution in [3.8, 4) is 0 Å². The fourth-order valence-corrected chi connectivity index (χ4v) is 1.84. The SMILES string of the molecule is CN1CCC(NC(=O)[C@H](N)C(C)(C)C)CC1. The van der Waals surface area contributed by atoms with Gasteiger partial charge in [0, 0.05) is 6.04 Å². The molecular weight excluding hydrogens is 202 g/mol. The van der Waals surface area contributed by atoms with E-state index < -0.39 is 6.04 Å². The molecule has 1 rings (SSSR count). The highest BCUT2D eigenvalue weighted by atomic mass is 16.2. The minimum absolute atomic E-state index is 0.0120. The Morgan fingerprint density at radius 1 is 1.38 bits per heavy atom. The van der Waals surface area contributed by atoms with Gasteiger partial charge in [-0.1, -0.05) is 20.8 Å². The average molecular weight is 227 g/mol. The van der Waals surface area contributed by atoms with Gasteiger partial charge in [-0.2, -0.15) is 0 Å². The minimum Gasteiger partial charge on any atom is -0.352 e. The summed E-state index contributed by atoms with van der Waals surface area (Å²) in [5.74, 6) is -0.0120. The van der Waals surface area contributed by atoms with Gasteiger partial charge in [-0.3, -0.25) is 4.79 Å². The molecule has 0 unspecified atom stereocenters. The quantitative estimate of drug-likeness (QED) is 0.725. The number of carbonyl (C=O) groups excluding carboxylic acids is 1. The monoisotopic (exact) mass is 227 g/mol. The van der Waals surface area contributed by atoms with Gasteiger partial charge >= 0.3 is 0 Å². The van der Waals surface area contributed by atoms with Crippen LogP contribution in [-0.2, 0) is 4.79 Å². The topological polar surface area (TPSA) is 58.4 Å². The summed E-state index contributed by atoms with van der Waals surface area (Å²) < 4.78 is 0. The first-order valence-electron chi connectivity index (χ1n) is 6.05. The molecule has 1 atom stereocenters. The Bertz CT molecular complexity index is 239. The molecule has 0 radical (unpaired) electrons. The maximum absolute atomic E-state index is 11.9. The normalized spacial score (nSPS) is 21.8. The molecule has 1 aliphatic heterocycles. The lowest BCUT2D eigenvalue weighted by atomic mass is 9.86. The van der Waals surface area contributed by atoms with Gasteiger partial charge < -0.3 is 16.0 Å². The Morgan fingerprint density at radius 3 is 2.31 bits per heavy atom. The van der Waals surface area contributed by atoms with Gasteiger partial charge in [0.15, 0.2) is 0 Å². The zero-order chi connectivity index (χ0) is 12.3. The van der Waals surface area contributed by atoms with Crippen LogP contribution < -0.4 is 11.1 Å². The molecule has 0 aromatic heterocycles. The first kappa shape index (κ1) is 13.5. The van der Waals surface area contributed by atoms with E-state index in [2.05, 4.69) is 17.3 Å². The lowest BCUT2D eigenvalue weighted by Crippen LogP contribution is -2.53. The third-order valence-electron chi connectivity index (χ3n) is 3.28. The van der Waals surface area contributed by atoms with E-state index >= 15 is 0 Å². The predicted octanol–water partition coefficient (Wildman–Crippen LogP) is 0.570. The Kier molecular flexibility index (Phi) is 4.33. The van der Waals surface area contributed by atoms with Gasteiger partial charge in [-0.05, 0) is 38.4 Å². The molecule has 0 aromatic carbocycles. The van der Waals surface area contributed by atoms with E-state index in [0.29, 0.717) is 6.04 Å². The lowest BCUT2D eigenvalue weighted by molar-refractivity contribution is -0.125. The van der Waals surface area contributed by atoms with Crippen LogP contribution in [-0.4, -0.2) is 43.0 Å². The maximum atomic E-state index is 11.9. The second-order valence-corrected chi connectivity index (χ2v) is 5.93. The number of likely N-dealkylation sites (tertiary alicyclic amines) is 1. The first-order chi connectivity index (χ1) is 7.30. The third kappa shape index (κ3) is 3.76. The molecule has 3 N–H and O–H groups in total. The minimum atomic E-state index is -0.424. The molecule has 1 aliphatic rings. The van der Waals surface area contributed by atoms with Crippen LogP contribution >= 0.6 is 0 Å². The number of nitrogens with zero attached hydrogens (tertiary/aromatic N) is 1. The summed E-state index contributed by atoms with van der Waals surface area (Å²) in [5, 5.41) is 3.06. The molecule has 0 saturated carbocycles. The largest absolute Gasteiger partial charge is 0.352 e. The molecule has 1 amide bonds. The van der Waals surface area contributed by atoms with E-state index in [1.165, 1.54) is 0 Å². The lowest BCUT2D eigenvalue weighted by Gasteiger charge is -2.32. The average Bonchev–Trinajstić information content (AvgIpc) is 2.19. The van der Waals surface area contributed by atoms with E-state index in [4.69, 9.17) is 5.73 Å². The standard InChI is InChI=1S/C12H25N3O/c1-12(2,3)10(13)11(16)14-9-5-7-15(4)8-6-9/h9-10H,5-8,13H2,1-4H3,(H,14,16)/t10-/m0/s1. The highest BCUT2D eigenvalue weighted by Crippen LogP contribution is 2.18. The zero-order valence-electron chi connectivity index (χ0n) is 10.9. The molecule has 94 valence electrons. The molecule has 0 spiro atoms. The Labute approximate surface area is 98.6 Å². The molecule has 1 heterocycles. The van der Waals surface area contributed by atoms with E-state index in [1.54, 1.807) is 0 Å². The number of nitrogens with one attached hydrogen (secondary N) is 1. The number of hydrogen-bond donors (Lipinski definition) is 2. The number of rotatable bonds is 2. The second-order valence-electron chi connectivity index (χ2n) is 5.93. The molecule has 4 nitrogen and oxygen atoms in total. The number of carbonyl (C=O) groups is 1. The summed E-state index contributed by atoms with van der Waals surface area (Å²) in [4.78, 5) is 14.2. The fraction of sp³-hybridized carbons (Fsp3) is 0.917. The predicted molar refractivity (Wildman–Crippen MR) is 66.1 cm³/mol. The van der Waals surface area contributed by atoms with E-state index in [0.717, 1.165) is 25.9 Å². The van der Waals surface area contributed by atoms with Crippen LogP contribution in [0.2, 0.25) is 0 Å². The van der Waals surface area contributed by atoms with Crippen molar-refractivity contribution in [2.75, 3.05) is 20.1 Å². The molecule has 1 fully saturated rings. The highest BCUT2D eigenvalue weighted by Gasteiger charge is 2.29. The van der Waals surface area contributed by atoms with Crippen molar-refractivity contribution in [2.24, 2.45) is 11.1 Å². The van der Waals surface area contributed by atoms with Crippen molar-refractivity contribution in [1.82, 2.24) is 10.2 Å². The molecule has 0 aromatic rings. The summed E-state index contributed by atoms with van der Waals surface area (Å²) in [5.41, 5.74) is 5.75. The molecular formula is C12H25N3O. The number of hydrogen-bond acceptors (Lipinski definition) is 3. The summed E-state index contributed by atoms with van der Waals surface area (Å²) in [6.07, 6.45) is 2.05. The van der Waals surface area contributed by atoms with Crippen LogP contribution in [0.3, 0.4) is 0 Å². The zero-order valence-corrected chi connectivity index (χ0v) is 10.9. The van der Waals surface area contributed by atoms with Crippen molar-refractivity contribution in [2.45, 2.75) is 45.7 Å². The smallest absolute Gasteiger partial charge is 0.237 e. The first-order valence-corrected chi connectivity index (χ1v) is 6.05. The highest BCUT2D eigenvalue weighted by molar-refractivity contribution is 5.82. The maximum Gasteiger partial charge on any atom is 0.237 e. The number of piperidine rings is 1. The van der Waals surface area contributed by atoms with Gasteiger partial charge in [0.05, 0.1) is 6.04 Å². The summed E-state index contributed by atoms with van der Waals surface area (Å²) in [7, 11) is 2.11. The van der Waals surface area contributed by atoms with Crippen molar-refractivity contribution >= 4 is 5.91 Å². The van der Waals surface area contributed by atoms with E-state index in [-0.39, 0.29) is 11.3 Å².